The number of benzene rings is 11. The number of alkyl halides is 3. The largest absolute Gasteiger partial charge is 0.429 e. The number of aromatic nitrogens is 1. The van der Waals surface area contributed by atoms with Crippen molar-refractivity contribution in [2.24, 2.45) is 0 Å². The Morgan fingerprint density at radius 2 is 0.672 bits per heavy atom. The van der Waals surface area contributed by atoms with Gasteiger partial charge in [0, 0.05) is 103 Å². The van der Waals surface area contributed by atoms with Crippen LogP contribution in [0.3, 0.4) is 0 Å². The highest BCUT2D eigenvalue weighted by Crippen LogP contribution is 2.32. The molecule has 21 heteroatoms. The van der Waals surface area contributed by atoms with Crippen LogP contribution in [0.25, 0.3) is 0 Å². The smallest absolute Gasteiger partial charge is 0.416 e. The van der Waals surface area contributed by atoms with Gasteiger partial charge in [0.15, 0.2) is 0 Å². The summed E-state index contributed by atoms with van der Waals surface area (Å²) in [5.74, 6) is -0.291. The van der Waals surface area contributed by atoms with Crippen molar-refractivity contribution in [3.8, 4) is 17.2 Å². The van der Waals surface area contributed by atoms with Crippen molar-refractivity contribution >= 4 is 30.8 Å². The number of nitrogens with one attached hydrogen (secondary N) is 2. The van der Waals surface area contributed by atoms with Crippen LogP contribution >= 0.6 is 11.3 Å². The van der Waals surface area contributed by atoms with Crippen molar-refractivity contribution in [1.29, 1.82) is 0 Å². The number of aryl methyl sites for hydroxylation is 8. The van der Waals surface area contributed by atoms with Gasteiger partial charge in [-0.1, -0.05) is 218 Å². The third-order valence-corrected chi connectivity index (χ3v) is 22.4. The van der Waals surface area contributed by atoms with E-state index in [0.717, 1.165) is 137 Å². The van der Waals surface area contributed by atoms with Gasteiger partial charge in [-0.05, 0) is 252 Å². The second kappa shape index (κ2) is 54.1. The molecule has 12 rings (SSSR count). The van der Waals surface area contributed by atoms with Crippen LogP contribution in [0, 0.1) is 64.8 Å². The summed E-state index contributed by atoms with van der Waals surface area (Å²) >= 11 is 1.74. The Hall–Kier alpha value is -11.3. The summed E-state index contributed by atoms with van der Waals surface area (Å²) in [5.41, 5.74) is 19.1. The number of thiazole rings is 1. The van der Waals surface area contributed by atoms with Crippen LogP contribution in [-0.2, 0) is 98.8 Å². The molecular weight excluding hydrogens is 1640 g/mol. The first-order valence-electron chi connectivity index (χ1n) is 43.9. The van der Waals surface area contributed by atoms with E-state index in [1.54, 1.807) is 60.7 Å². The van der Waals surface area contributed by atoms with Crippen LogP contribution < -0.4 is 24.8 Å². The third kappa shape index (κ3) is 38.7. The quantitative estimate of drug-likeness (QED) is 0.0214. The van der Waals surface area contributed by atoms with E-state index in [2.05, 4.69) is 203 Å². The lowest BCUT2D eigenvalue weighted by Gasteiger charge is -2.24. The predicted octanol–water partition coefficient (Wildman–Crippen LogP) is 24.2. The van der Waals surface area contributed by atoms with E-state index in [-0.39, 0.29) is 0 Å². The Morgan fingerprint density at radius 1 is 0.344 bits per heavy atom. The van der Waals surface area contributed by atoms with Gasteiger partial charge in [-0.15, -0.1) is 11.3 Å². The second-order valence-electron chi connectivity index (χ2n) is 33.2. The molecule has 0 radical (unpaired) electrons. The standard InChI is InChI=1S/C29H33F2NO2.C27H29F3N2O2.C27H29F2NO2.C24H31N3S/c1-22(2)26-11-7-23(8-12-26)6-4-3-5-15-32(20-25-16-27(30)18-28(31)17-25)19-24-9-13-29(14-10-24)34-21-33;1-20-3-5-22(6-4-20)16-31-11-12-32(17-23-7-9-26(10-8-23)34-19-33)18-24-13-21(2)14-25(15-24)27(28,29)30;1-21-6-8-22(9-7-21)5-3-2-4-14-30(19-24-15-25(28)17-26(29)16-24)18-23-10-12-27(13-11-23)32-20-31;1-19-5-9-22(10-6-19)15-25-13-4-14-27(17-24-18-28-21(3)26-24)16-23-11-7-20(2)8-12-23/h7-14,16-18,21-22H,3-6,15,19-20H2,1-2H3;3-10,13-15,19,31H,11-12,16-18H2,1-2H3;6-13,15-17,20H,2-5,14,18-19H2,1H3;5-12,18,25H,4,13-17H2,1-3H3. The maximum atomic E-state index is 13.7. The van der Waals surface area contributed by atoms with Crippen LogP contribution in [0.2, 0.25) is 0 Å². The van der Waals surface area contributed by atoms with Gasteiger partial charge in [-0.2, -0.15) is 13.2 Å². The highest BCUT2D eigenvalue weighted by atomic mass is 32.1. The first kappa shape index (κ1) is 100. The van der Waals surface area contributed by atoms with E-state index in [4.69, 9.17) is 14.2 Å². The van der Waals surface area contributed by atoms with Crippen LogP contribution in [0.5, 0.6) is 17.2 Å². The van der Waals surface area contributed by atoms with E-state index in [9.17, 15) is 45.1 Å². The molecule has 1 aromatic heterocycles. The maximum absolute atomic E-state index is 13.7. The lowest BCUT2D eigenvalue weighted by atomic mass is 9.99. The fourth-order valence-electron chi connectivity index (χ4n) is 14.8. The van der Waals surface area contributed by atoms with E-state index in [1.165, 1.54) is 97.7 Å². The fourth-order valence-corrected chi connectivity index (χ4v) is 15.4. The van der Waals surface area contributed by atoms with Gasteiger partial charge in [0.25, 0.3) is 19.4 Å². The van der Waals surface area contributed by atoms with Gasteiger partial charge in [0.1, 0.15) is 40.5 Å². The average molecular weight is 1770 g/mol. The van der Waals surface area contributed by atoms with E-state index >= 15 is 0 Å². The summed E-state index contributed by atoms with van der Waals surface area (Å²) in [5, 5.41) is 10.3. The molecular formula is C107H122F7N7O6S. The van der Waals surface area contributed by atoms with Crippen molar-refractivity contribution in [1.82, 2.24) is 35.2 Å². The first-order valence-corrected chi connectivity index (χ1v) is 44.8. The summed E-state index contributed by atoms with van der Waals surface area (Å²) in [6, 6.07) is 76.6. The minimum Gasteiger partial charge on any atom is -0.429 e. The zero-order chi connectivity index (χ0) is 91.4. The molecule has 1 heterocycles. The number of carbonyl (C=O) groups excluding carboxylic acids is 3. The Morgan fingerprint density at radius 3 is 1.04 bits per heavy atom. The Balaban J connectivity index is 0.000000193. The van der Waals surface area contributed by atoms with Gasteiger partial charge >= 0.3 is 6.18 Å². The molecule has 0 aliphatic heterocycles. The lowest BCUT2D eigenvalue weighted by Crippen LogP contribution is -2.31. The minimum atomic E-state index is -4.38. The van der Waals surface area contributed by atoms with Gasteiger partial charge < -0.3 is 24.8 Å². The van der Waals surface area contributed by atoms with Crippen molar-refractivity contribution in [2.75, 3.05) is 39.3 Å². The number of hydrogen-bond acceptors (Lipinski definition) is 14. The number of carbonyl (C=O) groups is 3. The number of ether oxygens (including phenoxy) is 3. The second-order valence-corrected chi connectivity index (χ2v) is 34.3. The van der Waals surface area contributed by atoms with Gasteiger partial charge in [0.2, 0.25) is 0 Å². The maximum Gasteiger partial charge on any atom is 0.416 e. The number of unbranched alkanes of at least 4 members (excludes halogenated alkanes) is 4. The zero-order valence-electron chi connectivity index (χ0n) is 75.0. The average Bonchev–Trinajstić information content (AvgIpc) is 1.11. The number of rotatable bonds is 46. The SMILES string of the molecule is CC(C)c1ccc(CCCCCN(Cc2ccc(OC=O)cc2)Cc2cc(F)cc(F)c2)cc1.Cc1ccc(CCCCCN(Cc2ccc(OC=O)cc2)Cc2cc(F)cc(F)c2)cc1.Cc1ccc(CNCCCN(Cc2ccc(C)cc2)Cc2csc(C)n2)cc1.Cc1ccc(CNCCN(Cc2ccc(OC=O)cc2)Cc2cc(C)cc(C(F)(F)F)c2)cc1. The molecule has 0 aliphatic carbocycles. The van der Waals surface area contributed by atoms with Crippen LogP contribution in [-0.4, -0.2) is 83.3 Å². The number of halogens is 7. The third-order valence-electron chi connectivity index (χ3n) is 21.6. The van der Waals surface area contributed by atoms with Crippen molar-refractivity contribution in [3.05, 3.63) is 388 Å². The number of nitrogens with zero attached hydrogens (tertiary/aromatic N) is 5. The molecule has 0 saturated carbocycles. The van der Waals surface area contributed by atoms with Crippen LogP contribution in [0.4, 0.5) is 30.7 Å². The minimum absolute atomic E-state index is 0.372. The first-order chi connectivity index (χ1) is 61.7. The van der Waals surface area contributed by atoms with Crippen molar-refractivity contribution in [2.45, 2.75) is 191 Å². The molecule has 0 spiro atoms. The molecule has 2 N–H and O–H groups in total. The van der Waals surface area contributed by atoms with E-state index in [1.807, 2.05) is 43.3 Å². The lowest BCUT2D eigenvalue weighted by molar-refractivity contribution is -0.137. The topological polar surface area (TPSA) is 129 Å². The van der Waals surface area contributed by atoms with Gasteiger partial charge in [-0.3, -0.25) is 34.0 Å². The molecule has 0 bridgehead atoms. The molecule has 13 nitrogen and oxygen atoms in total. The molecule has 12 aromatic rings. The summed E-state index contributed by atoms with van der Waals surface area (Å²) in [6.07, 6.45) is 5.18. The summed E-state index contributed by atoms with van der Waals surface area (Å²) in [7, 11) is 0. The molecule has 0 aliphatic rings. The molecule has 0 amide bonds. The molecule has 11 aromatic carbocycles. The molecule has 0 atom stereocenters. The monoisotopic (exact) mass is 1770 g/mol. The summed E-state index contributed by atoms with van der Waals surface area (Å²) < 4.78 is 109. The van der Waals surface area contributed by atoms with E-state index < -0.39 is 35.0 Å². The van der Waals surface area contributed by atoms with Crippen LogP contribution in [0.1, 0.15) is 176 Å². The summed E-state index contributed by atoms with van der Waals surface area (Å²) in [6.45, 7) is 29.4. The number of hydrogen-bond donors (Lipinski definition) is 2. The normalized spacial score (nSPS) is 11.3. The molecule has 676 valence electrons. The zero-order valence-corrected chi connectivity index (χ0v) is 75.8. The van der Waals surface area contributed by atoms with Gasteiger partial charge in [0.05, 0.1) is 16.3 Å². The molecule has 0 saturated heterocycles. The highest BCUT2D eigenvalue weighted by molar-refractivity contribution is 7.09. The Bertz CT molecular complexity index is 5200. The molecule has 0 unspecified atom stereocenters. The fraction of sp³-hybridized carbons (Fsp3) is 0.327. The van der Waals surface area contributed by atoms with E-state index in [0.29, 0.717) is 124 Å². The van der Waals surface area contributed by atoms with Gasteiger partial charge in [-0.25, -0.2) is 22.5 Å². The summed E-state index contributed by atoms with van der Waals surface area (Å²) in [4.78, 5) is 45.2. The highest BCUT2D eigenvalue weighted by Gasteiger charge is 2.31. The van der Waals surface area contributed by atoms with Crippen molar-refractivity contribution in [3.63, 3.8) is 0 Å². The Kier molecular flexibility index (Phi) is 42.5. The Labute approximate surface area is 756 Å². The predicted molar refractivity (Wildman–Crippen MR) is 500 cm³/mol. The van der Waals surface area contributed by atoms with Crippen LogP contribution in [0.15, 0.2) is 254 Å². The molecule has 128 heavy (non-hydrogen) atoms. The molecule has 0 fully saturated rings. The van der Waals surface area contributed by atoms with Crippen molar-refractivity contribution < 1.29 is 59.3 Å².